The summed E-state index contributed by atoms with van der Waals surface area (Å²) in [5.41, 5.74) is 2.71. The summed E-state index contributed by atoms with van der Waals surface area (Å²) in [4.78, 5) is 24.1. The summed E-state index contributed by atoms with van der Waals surface area (Å²) in [7, 11) is 0. The van der Waals surface area contributed by atoms with Gasteiger partial charge in [-0.1, -0.05) is 35.4 Å². The van der Waals surface area contributed by atoms with Crippen molar-refractivity contribution >= 4 is 46.5 Å². The van der Waals surface area contributed by atoms with Gasteiger partial charge in [-0.15, -0.1) is 0 Å². The van der Waals surface area contributed by atoms with Crippen LogP contribution in [0.5, 0.6) is 0 Å². The number of carbonyl (C=O) groups is 2. The number of allylic oxidation sites excluding steroid dienone is 2. The van der Waals surface area contributed by atoms with E-state index in [1.807, 2.05) is 18.2 Å². The van der Waals surface area contributed by atoms with Gasteiger partial charge in [0.2, 0.25) is 0 Å². The molecule has 0 aromatic heterocycles. The van der Waals surface area contributed by atoms with Crippen molar-refractivity contribution in [1.82, 2.24) is 0 Å². The van der Waals surface area contributed by atoms with Crippen molar-refractivity contribution in [3.05, 3.63) is 69.7 Å². The molecule has 0 radical (unpaired) electrons. The molecule has 5 nitrogen and oxygen atoms in total. The molecule has 1 amide bonds. The number of carboxylic acid groups (broad SMARTS) is 1. The van der Waals surface area contributed by atoms with E-state index in [1.54, 1.807) is 24.3 Å². The predicted octanol–water partition coefficient (Wildman–Crippen LogP) is 4.78. The van der Waals surface area contributed by atoms with Crippen LogP contribution < -0.4 is 10.6 Å². The molecule has 0 saturated heterocycles. The minimum Gasteiger partial charge on any atom is -0.480 e. The average molecular weight is 403 g/mol. The number of amides is 1. The Hall–Kier alpha value is -2.50. The van der Waals surface area contributed by atoms with Gasteiger partial charge in [0.05, 0.1) is 10.6 Å². The number of carbonyl (C=O) groups excluding carboxylic acids is 1. The van der Waals surface area contributed by atoms with Gasteiger partial charge in [0.15, 0.2) is 0 Å². The van der Waals surface area contributed by atoms with Crippen molar-refractivity contribution < 1.29 is 14.7 Å². The zero-order chi connectivity index (χ0) is 19.1. The van der Waals surface area contributed by atoms with E-state index in [9.17, 15) is 14.7 Å². The molecule has 2 aromatic carbocycles. The summed E-state index contributed by atoms with van der Waals surface area (Å²) in [6.45, 7) is 0. The molecular formula is C20H16Cl2N2O3. The molecule has 138 valence electrons. The SMILES string of the molecule is O=C(Nc1ccc2c(c1)C1C=CCC1C(C(=O)O)N2)c1ccc(Cl)cc1Cl. The molecule has 1 aliphatic carbocycles. The minimum absolute atomic E-state index is 0.0123. The number of anilines is 2. The summed E-state index contributed by atoms with van der Waals surface area (Å²) < 4.78 is 0. The molecule has 0 saturated carbocycles. The third-order valence-electron chi connectivity index (χ3n) is 5.06. The Balaban J connectivity index is 1.62. The number of carboxylic acids is 1. The summed E-state index contributed by atoms with van der Waals surface area (Å²) in [6.07, 6.45) is 4.77. The number of rotatable bonds is 3. The molecule has 3 atom stereocenters. The van der Waals surface area contributed by atoms with Crippen LogP contribution in [0.25, 0.3) is 0 Å². The van der Waals surface area contributed by atoms with Gasteiger partial charge in [0.1, 0.15) is 6.04 Å². The van der Waals surface area contributed by atoms with Crippen LogP contribution in [0.1, 0.15) is 28.3 Å². The Kier molecular flexibility index (Phi) is 4.58. The van der Waals surface area contributed by atoms with Crippen LogP contribution >= 0.6 is 23.2 Å². The molecule has 7 heteroatoms. The maximum absolute atomic E-state index is 12.5. The van der Waals surface area contributed by atoms with Crippen molar-refractivity contribution in [1.29, 1.82) is 0 Å². The van der Waals surface area contributed by atoms with Crippen LogP contribution in [0.4, 0.5) is 11.4 Å². The molecule has 27 heavy (non-hydrogen) atoms. The topological polar surface area (TPSA) is 78.4 Å². The first-order valence-electron chi connectivity index (χ1n) is 8.50. The fourth-order valence-corrected chi connectivity index (χ4v) is 4.28. The number of hydrogen-bond acceptors (Lipinski definition) is 3. The van der Waals surface area contributed by atoms with Gasteiger partial charge in [-0.05, 0) is 48.4 Å². The van der Waals surface area contributed by atoms with Gasteiger partial charge in [0, 0.05) is 28.2 Å². The lowest BCUT2D eigenvalue weighted by atomic mass is 9.79. The summed E-state index contributed by atoms with van der Waals surface area (Å²) in [5, 5.41) is 16.2. The number of nitrogens with one attached hydrogen (secondary N) is 2. The third kappa shape index (κ3) is 3.29. The molecular weight excluding hydrogens is 387 g/mol. The zero-order valence-corrected chi connectivity index (χ0v) is 15.6. The highest BCUT2D eigenvalue weighted by atomic mass is 35.5. The number of hydrogen-bond donors (Lipinski definition) is 3. The van der Waals surface area contributed by atoms with E-state index in [2.05, 4.69) is 10.6 Å². The molecule has 4 rings (SSSR count). The molecule has 2 aliphatic rings. The minimum atomic E-state index is -0.853. The van der Waals surface area contributed by atoms with Gasteiger partial charge in [-0.25, -0.2) is 4.79 Å². The van der Waals surface area contributed by atoms with E-state index in [1.165, 1.54) is 6.07 Å². The lowest BCUT2D eigenvalue weighted by molar-refractivity contribution is -0.139. The first-order valence-corrected chi connectivity index (χ1v) is 9.26. The summed E-state index contributed by atoms with van der Waals surface area (Å²) >= 11 is 12.0. The lowest BCUT2D eigenvalue weighted by Crippen LogP contribution is -2.41. The van der Waals surface area contributed by atoms with Crippen molar-refractivity contribution in [2.45, 2.75) is 18.4 Å². The number of fused-ring (bicyclic) bond motifs is 3. The molecule has 0 fully saturated rings. The summed E-state index contributed by atoms with van der Waals surface area (Å²) in [6, 6.07) is 9.51. The van der Waals surface area contributed by atoms with Crippen LogP contribution in [-0.4, -0.2) is 23.0 Å². The fraction of sp³-hybridized carbons (Fsp3) is 0.200. The van der Waals surface area contributed by atoms with Crippen LogP contribution in [0.2, 0.25) is 10.0 Å². The zero-order valence-electron chi connectivity index (χ0n) is 14.1. The molecule has 2 aromatic rings. The fourth-order valence-electron chi connectivity index (χ4n) is 3.79. The Labute approximate surface area is 166 Å². The van der Waals surface area contributed by atoms with Crippen molar-refractivity contribution in [2.75, 3.05) is 10.6 Å². The lowest BCUT2D eigenvalue weighted by Gasteiger charge is -2.35. The molecule has 0 bridgehead atoms. The maximum atomic E-state index is 12.5. The average Bonchev–Trinajstić information content (AvgIpc) is 3.10. The predicted molar refractivity (Wildman–Crippen MR) is 106 cm³/mol. The van der Waals surface area contributed by atoms with Gasteiger partial charge in [0.25, 0.3) is 5.91 Å². The van der Waals surface area contributed by atoms with E-state index >= 15 is 0 Å². The second-order valence-corrected chi connectivity index (χ2v) is 7.54. The molecule has 3 unspecified atom stereocenters. The standard InChI is InChI=1S/C20H16Cl2N2O3/c21-10-4-6-14(16(22)8-10)19(25)23-11-5-7-17-15(9-11)12-2-1-3-13(12)18(24-17)20(26)27/h1-2,4-9,12-13,18,24H,3H2,(H,23,25)(H,26,27). The quantitative estimate of drug-likeness (QED) is 0.645. The molecule has 0 spiro atoms. The van der Waals surface area contributed by atoms with Crippen LogP contribution in [-0.2, 0) is 4.79 Å². The van der Waals surface area contributed by atoms with Crippen molar-refractivity contribution in [2.24, 2.45) is 5.92 Å². The molecule has 1 aliphatic heterocycles. The maximum Gasteiger partial charge on any atom is 0.326 e. The monoisotopic (exact) mass is 402 g/mol. The number of aliphatic carboxylic acids is 1. The smallest absolute Gasteiger partial charge is 0.326 e. The third-order valence-corrected chi connectivity index (χ3v) is 5.61. The Morgan fingerprint density at radius 1 is 1.15 bits per heavy atom. The number of halogens is 2. The largest absolute Gasteiger partial charge is 0.480 e. The van der Waals surface area contributed by atoms with E-state index in [-0.39, 0.29) is 22.8 Å². The van der Waals surface area contributed by atoms with Gasteiger partial charge in [-0.2, -0.15) is 0 Å². The van der Waals surface area contributed by atoms with E-state index in [0.29, 0.717) is 22.7 Å². The Morgan fingerprint density at radius 3 is 2.70 bits per heavy atom. The molecule has 3 N–H and O–H groups in total. The van der Waals surface area contributed by atoms with E-state index in [0.717, 1.165) is 11.3 Å². The van der Waals surface area contributed by atoms with Gasteiger partial charge >= 0.3 is 5.97 Å². The van der Waals surface area contributed by atoms with E-state index in [4.69, 9.17) is 23.2 Å². The highest BCUT2D eigenvalue weighted by Crippen LogP contribution is 2.45. The van der Waals surface area contributed by atoms with Crippen LogP contribution in [0.3, 0.4) is 0 Å². The van der Waals surface area contributed by atoms with Gasteiger partial charge < -0.3 is 15.7 Å². The van der Waals surface area contributed by atoms with Crippen molar-refractivity contribution in [3.63, 3.8) is 0 Å². The van der Waals surface area contributed by atoms with Crippen LogP contribution in [0, 0.1) is 5.92 Å². The first kappa shape index (κ1) is 17.9. The first-order chi connectivity index (χ1) is 12.9. The van der Waals surface area contributed by atoms with E-state index < -0.39 is 12.0 Å². The second kappa shape index (κ2) is 6.91. The highest BCUT2D eigenvalue weighted by Gasteiger charge is 2.40. The van der Waals surface area contributed by atoms with Crippen LogP contribution in [0.15, 0.2) is 48.6 Å². The number of benzene rings is 2. The highest BCUT2D eigenvalue weighted by molar-refractivity contribution is 6.37. The summed E-state index contributed by atoms with van der Waals surface area (Å²) in [5.74, 6) is -1.21. The second-order valence-electron chi connectivity index (χ2n) is 6.69. The van der Waals surface area contributed by atoms with Gasteiger partial charge in [-0.3, -0.25) is 4.79 Å². The Bertz CT molecular complexity index is 974. The Morgan fingerprint density at radius 2 is 1.96 bits per heavy atom. The molecule has 1 heterocycles. The van der Waals surface area contributed by atoms with Crippen molar-refractivity contribution in [3.8, 4) is 0 Å². The normalized spacial score (nSPS) is 22.5.